The van der Waals surface area contributed by atoms with Gasteiger partial charge in [-0.2, -0.15) is 13.5 Å². The predicted molar refractivity (Wildman–Crippen MR) is 152 cm³/mol. The summed E-state index contributed by atoms with van der Waals surface area (Å²) in [4.78, 5) is 51.2. The predicted octanol–water partition coefficient (Wildman–Crippen LogP) is -0.414. The molecule has 2 aliphatic rings. The number of anilines is 1. The van der Waals surface area contributed by atoms with E-state index < -0.39 is 64.4 Å². The summed E-state index contributed by atoms with van der Waals surface area (Å²) in [5.74, 6) is -3.50. The highest BCUT2D eigenvalue weighted by Gasteiger charge is 2.57. The number of carbonyl (C=O) groups is 3. The molecule has 232 valence electrons. The summed E-state index contributed by atoms with van der Waals surface area (Å²) in [6.07, 6.45) is -2.15. The van der Waals surface area contributed by atoms with E-state index in [0.29, 0.717) is 22.2 Å². The molecule has 1 aromatic heterocycles. The molecule has 19 heteroatoms. The number of hydroxylamine groups is 2. The van der Waals surface area contributed by atoms with Crippen LogP contribution in [0, 0.1) is 5.92 Å². The van der Waals surface area contributed by atoms with Gasteiger partial charge in [0.15, 0.2) is 16.6 Å². The molecular weight excluding hydrogens is 610 g/mol. The highest BCUT2D eigenvalue weighted by atomic mass is 32.3. The maximum atomic E-state index is 13.3. The van der Waals surface area contributed by atoms with Gasteiger partial charge in [-0.15, -0.1) is 15.6 Å². The second kappa shape index (κ2) is 12.6. The minimum absolute atomic E-state index is 0.0271. The summed E-state index contributed by atoms with van der Waals surface area (Å²) in [7, 11) is -4.98. The van der Waals surface area contributed by atoms with Crippen molar-refractivity contribution in [2.24, 2.45) is 21.8 Å². The first-order valence-electron chi connectivity index (χ1n) is 12.6. The van der Waals surface area contributed by atoms with Crippen molar-refractivity contribution in [1.29, 1.82) is 0 Å². The van der Waals surface area contributed by atoms with Crippen LogP contribution >= 0.6 is 11.3 Å². The number of Topliss-reactive ketones (excluding diaryl/α,β-unsaturated/α-hetero) is 1. The maximum Gasteiger partial charge on any atom is 0.418 e. The highest BCUT2D eigenvalue weighted by molar-refractivity contribution is 7.80. The van der Waals surface area contributed by atoms with Gasteiger partial charge >= 0.3 is 16.4 Å². The van der Waals surface area contributed by atoms with E-state index in [2.05, 4.69) is 24.7 Å². The Morgan fingerprint density at radius 1 is 1.28 bits per heavy atom. The summed E-state index contributed by atoms with van der Waals surface area (Å²) in [5.41, 5.74) is 10.6. The number of rotatable bonds is 14. The number of nitrogens with zero attached hydrogens (tertiary/aromatic N) is 4. The van der Waals surface area contributed by atoms with Gasteiger partial charge in [-0.25, -0.2) is 9.78 Å². The molecule has 2 fully saturated rings. The van der Waals surface area contributed by atoms with Crippen molar-refractivity contribution >= 4 is 56.1 Å². The Kier molecular flexibility index (Phi) is 9.30. The molecule has 1 amide bonds. The molecule has 0 spiro atoms. The lowest BCUT2D eigenvalue weighted by Gasteiger charge is -2.50. The number of nitrogen functional groups attached to an aromatic ring is 1. The standard InChI is InChI=1S/C24H29N7O10S2/c1-24(2)15(21(33)31(24)41-43(36,37)38)7-17(32)19(16-11-42-23(26)29-16)30-40-18(22(34)35)10-39-14-5-3-12(4-6-14)20(25)28-13-8-27-9-13/h3-6,11,13,15,18,27H,7-10H2,1-2H3,(H2,25,28)(H2,26,29)(H,34,35)(H,36,37,38)/b30-19-/t15-,18+/m1/s1. The van der Waals surface area contributed by atoms with Crippen LogP contribution in [0.15, 0.2) is 39.8 Å². The maximum absolute atomic E-state index is 13.3. The lowest BCUT2D eigenvalue weighted by molar-refractivity contribution is -0.228. The molecule has 4 rings (SSSR count). The zero-order valence-electron chi connectivity index (χ0n) is 22.9. The summed E-state index contributed by atoms with van der Waals surface area (Å²) >= 11 is 0.982. The summed E-state index contributed by atoms with van der Waals surface area (Å²) in [6.45, 7) is 3.86. The number of nitrogens with two attached hydrogens (primary N) is 2. The Morgan fingerprint density at radius 3 is 2.47 bits per heavy atom. The van der Waals surface area contributed by atoms with E-state index >= 15 is 0 Å². The van der Waals surface area contributed by atoms with Crippen molar-refractivity contribution in [2.75, 3.05) is 25.4 Å². The normalized spacial score (nSPS) is 19.7. The molecule has 17 nitrogen and oxygen atoms in total. The van der Waals surface area contributed by atoms with Crippen LogP contribution < -0.4 is 21.5 Å². The van der Waals surface area contributed by atoms with Crippen molar-refractivity contribution in [3.8, 4) is 5.75 Å². The number of hydrogen-bond acceptors (Lipinski definition) is 14. The number of amidine groups is 1. The second-order valence-electron chi connectivity index (χ2n) is 10.1. The number of carboxylic acids is 1. The van der Waals surface area contributed by atoms with E-state index in [1.54, 1.807) is 24.3 Å². The number of nitrogens with one attached hydrogen (secondary N) is 1. The Morgan fingerprint density at radius 2 is 1.95 bits per heavy atom. The number of benzene rings is 1. The molecule has 2 saturated heterocycles. The monoisotopic (exact) mass is 639 g/mol. The van der Waals surface area contributed by atoms with Crippen LogP contribution in [0.25, 0.3) is 0 Å². The average Bonchev–Trinajstić information content (AvgIpc) is 3.34. The van der Waals surface area contributed by atoms with E-state index in [4.69, 9.17) is 25.6 Å². The molecular formula is C24H29N7O10S2. The van der Waals surface area contributed by atoms with E-state index in [1.165, 1.54) is 19.2 Å². The fraction of sp³-hybridized carbons (Fsp3) is 0.417. The number of amides is 1. The van der Waals surface area contributed by atoms with Crippen molar-refractivity contribution < 1.29 is 46.3 Å². The second-order valence-corrected chi connectivity index (χ2v) is 12.0. The molecule has 0 radical (unpaired) electrons. The number of hydrogen-bond donors (Lipinski definition) is 5. The van der Waals surface area contributed by atoms with E-state index in [1.807, 2.05) is 0 Å². The average molecular weight is 640 g/mol. The zero-order chi connectivity index (χ0) is 31.5. The number of ketones is 1. The third kappa shape index (κ3) is 7.62. The van der Waals surface area contributed by atoms with Gasteiger partial charge in [0.05, 0.1) is 17.5 Å². The summed E-state index contributed by atoms with van der Waals surface area (Å²) in [5, 5.41) is 18.4. The number of thiazole rings is 1. The Hall–Kier alpha value is -4.17. The van der Waals surface area contributed by atoms with Crippen LogP contribution in [0.2, 0.25) is 0 Å². The van der Waals surface area contributed by atoms with Crippen LogP contribution in [0.4, 0.5) is 5.13 Å². The molecule has 7 N–H and O–H groups in total. The largest absolute Gasteiger partial charge is 0.489 e. The Labute approximate surface area is 249 Å². The summed E-state index contributed by atoms with van der Waals surface area (Å²) < 4.78 is 40.9. The lowest BCUT2D eigenvalue weighted by atomic mass is 9.74. The van der Waals surface area contributed by atoms with E-state index in [-0.39, 0.29) is 16.9 Å². The molecule has 2 aromatic rings. The molecule has 0 saturated carbocycles. The van der Waals surface area contributed by atoms with Gasteiger partial charge in [-0.05, 0) is 38.1 Å². The van der Waals surface area contributed by atoms with Crippen LogP contribution in [0.1, 0.15) is 31.5 Å². The number of ether oxygens (including phenoxy) is 1. The van der Waals surface area contributed by atoms with Gasteiger partial charge < -0.3 is 31.5 Å². The fourth-order valence-corrected chi connectivity index (χ4v) is 5.08. The Balaban J connectivity index is 1.44. The van der Waals surface area contributed by atoms with Crippen molar-refractivity contribution in [3.05, 3.63) is 40.9 Å². The van der Waals surface area contributed by atoms with Gasteiger partial charge in [0, 0.05) is 30.5 Å². The molecule has 1 aromatic carbocycles. The topological polar surface area (TPSA) is 258 Å². The zero-order valence-corrected chi connectivity index (χ0v) is 24.5. The fourth-order valence-electron chi connectivity index (χ4n) is 4.08. The molecule has 2 aliphatic heterocycles. The van der Waals surface area contributed by atoms with Crippen LogP contribution in [0.3, 0.4) is 0 Å². The van der Waals surface area contributed by atoms with Crippen molar-refractivity contribution in [2.45, 2.75) is 38.0 Å². The minimum atomic E-state index is -4.98. The van der Waals surface area contributed by atoms with Gasteiger partial charge in [-0.1, -0.05) is 5.16 Å². The SMILES string of the molecule is CC1(C)[C@H](CC(=O)/C(=N\O[C@@H](COc2ccc(C(N)=NC3CNC3)cc2)C(=O)O)c2csc(N)n2)C(=O)N1OS(=O)(=O)O. The quantitative estimate of drug-likeness (QED) is 0.0579. The number of aliphatic carboxylic acids is 1. The van der Waals surface area contributed by atoms with Crippen molar-refractivity contribution in [1.82, 2.24) is 15.4 Å². The third-order valence-corrected chi connectivity index (χ3v) is 7.65. The number of β-lactam (4-membered cyclic amide) rings is 1. The number of oxime groups is 1. The molecule has 0 unspecified atom stereocenters. The number of aromatic nitrogens is 1. The van der Waals surface area contributed by atoms with Gasteiger partial charge in [0.1, 0.15) is 23.9 Å². The lowest BCUT2D eigenvalue weighted by Crippen LogP contribution is -2.68. The van der Waals surface area contributed by atoms with E-state index in [9.17, 15) is 27.9 Å². The molecule has 2 atom stereocenters. The van der Waals surface area contributed by atoms with E-state index in [0.717, 1.165) is 24.4 Å². The van der Waals surface area contributed by atoms with Crippen molar-refractivity contribution in [3.63, 3.8) is 0 Å². The van der Waals surface area contributed by atoms with Gasteiger partial charge in [-0.3, -0.25) is 19.1 Å². The smallest absolute Gasteiger partial charge is 0.418 e. The molecule has 43 heavy (non-hydrogen) atoms. The van der Waals surface area contributed by atoms with Gasteiger partial charge in [0.25, 0.3) is 12.0 Å². The number of carbonyl (C=O) groups excluding carboxylic acids is 2. The first-order chi connectivity index (χ1) is 20.2. The molecule has 0 aliphatic carbocycles. The Bertz CT molecular complexity index is 1550. The number of aliphatic imine (C=N–C) groups is 1. The third-order valence-electron chi connectivity index (χ3n) is 6.64. The van der Waals surface area contributed by atoms with Crippen LogP contribution in [-0.4, -0.2) is 94.7 Å². The highest BCUT2D eigenvalue weighted by Crippen LogP contribution is 2.40. The number of carboxylic acid groups (broad SMARTS) is 1. The summed E-state index contributed by atoms with van der Waals surface area (Å²) in [6, 6.07) is 6.63. The molecule has 0 bridgehead atoms. The van der Waals surface area contributed by atoms with Crippen LogP contribution in [0.5, 0.6) is 5.75 Å². The van der Waals surface area contributed by atoms with Crippen LogP contribution in [-0.2, 0) is 33.9 Å². The minimum Gasteiger partial charge on any atom is -0.489 e. The van der Waals surface area contributed by atoms with Gasteiger partial charge in [0.2, 0.25) is 0 Å². The first kappa shape index (κ1) is 31.8. The molecule has 3 heterocycles. The first-order valence-corrected chi connectivity index (χ1v) is 14.9.